The molecule has 2 aromatic heterocycles. The summed E-state index contributed by atoms with van der Waals surface area (Å²) >= 11 is 0. The molecule has 1 unspecified atom stereocenters. The van der Waals surface area contributed by atoms with Gasteiger partial charge in [-0.25, -0.2) is 4.98 Å². The fraction of sp³-hybridized carbons (Fsp3) is 0.545. The Hall–Kier alpha value is -1.73. The van der Waals surface area contributed by atoms with Crippen molar-refractivity contribution in [2.45, 2.75) is 24.8 Å². The smallest absolute Gasteiger partial charge is 0.243 e. The highest BCUT2D eigenvalue weighted by molar-refractivity contribution is 5.04. The molecule has 2 atom stereocenters. The van der Waals surface area contributed by atoms with Crippen LogP contribution in [0.4, 0.5) is 0 Å². The first-order valence-corrected chi connectivity index (χ1v) is 5.97. The van der Waals surface area contributed by atoms with Crippen molar-refractivity contribution in [3.05, 3.63) is 29.9 Å². The third kappa shape index (κ3) is 2.27. The van der Waals surface area contributed by atoms with E-state index in [4.69, 9.17) is 15.0 Å². The van der Waals surface area contributed by atoms with Crippen LogP contribution in [0.25, 0.3) is 0 Å². The SMILES string of the molecule is N[C@@H](Cc1cnc[nH]1)c1nc(C2CCOC2)no1. The fourth-order valence-electron chi connectivity index (χ4n) is 2.02. The van der Waals surface area contributed by atoms with Gasteiger partial charge in [-0.15, -0.1) is 0 Å². The number of nitrogens with two attached hydrogens (primary N) is 1. The second-order valence-corrected chi connectivity index (χ2v) is 4.44. The molecule has 7 heteroatoms. The number of ether oxygens (including phenoxy) is 1. The molecule has 1 saturated heterocycles. The van der Waals surface area contributed by atoms with Gasteiger partial charge in [0, 0.05) is 30.8 Å². The van der Waals surface area contributed by atoms with Crippen LogP contribution < -0.4 is 5.73 Å². The van der Waals surface area contributed by atoms with Crippen molar-refractivity contribution < 1.29 is 9.26 Å². The quantitative estimate of drug-likeness (QED) is 0.819. The first kappa shape index (κ1) is 11.4. The molecule has 1 aliphatic rings. The molecule has 0 aromatic carbocycles. The van der Waals surface area contributed by atoms with Gasteiger partial charge in [0.05, 0.1) is 19.0 Å². The van der Waals surface area contributed by atoms with E-state index in [0.29, 0.717) is 24.7 Å². The number of rotatable bonds is 4. The lowest BCUT2D eigenvalue weighted by Crippen LogP contribution is -2.14. The van der Waals surface area contributed by atoms with Gasteiger partial charge in [0.25, 0.3) is 0 Å². The van der Waals surface area contributed by atoms with E-state index in [1.165, 1.54) is 0 Å². The summed E-state index contributed by atoms with van der Waals surface area (Å²) in [4.78, 5) is 11.3. The van der Waals surface area contributed by atoms with E-state index in [1.807, 2.05) is 0 Å². The minimum absolute atomic E-state index is 0.238. The number of hydrogen-bond donors (Lipinski definition) is 2. The molecule has 7 nitrogen and oxygen atoms in total. The van der Waals surface area contributed by atoms with Gasteiger partial charge in [0.2, 0.25) is 5.89 Å². The van der Waals surface area contributed by atoms with Crippen molar-refractivity contribution in [2.75, 3.05) is 13.2 Å². The fourth-order valence-corrected chi connectivity index (χ4v) is 2.02. The number of H-pyrrole nitrogens is 1. The molecule has 0 saturated carbocycles. The molecular weight excluding hydrogens is 234 g/mol. The molecule has 3 N–H and O–H groups in total. The summed E-state index contributed by atoms with van der Waals surface area (Å²) in [6.45, 7) is 1.42. The summed E-state index contributed by atoms with van der Waals surface area (Å²) in [5.41, 5.74) is 6.97. The highest BCUT2D eigenvalue weighted by Gasteiger charge is 2.24. The third-order valence-corrected chi connectivity index (χ3v) is 3.06. The van der Waals surface area contributed by atoms with Crippen LogP contribution in [0.5, 0.6) is 0 Å². The van der Waals surface area contributed by atoms with Crippen molar-refractivity contribution in [3.63, 3.8) is 0 Å². The lowest BCUT2D eigenvalue weighted by molar-refractivity contribution is 0.192. The summed E-state index contributed by atoms with van der Waals surface area (Å²) in [6.07, 6.45) is 4.90. The standard InChI is InChI=1S/C11H15N5O2/c12-9(3-8-4-13-6-14-8)11-15-10(16-18-11)7-1-2-17-5-7/h4,6-7,9H,1-3,5,12H2,(H,13,14)/t7?,9-/m0/s1. The van der Waals surface area contributed by atoms with E-state index in [1.54, 1.807) is 12.5 Å². The maximum Gasteiger partial charge on any atom is 0.243 e. The lowest BCUT2D eigenvalue weighted by atomic mass is 10.1. The van der Waals surface area contributed by atoms with E-state index in [9.17, 15) is 0 Å². The number of imidazole rings is 1. The number of hydrogen-bond acceptors (Lipinski definition) is 6. The molecule has 0 bridgehead atoms. The summed E-state index contributed by atoms with van der Waals surface area (Å²) in [5.74, 6) is 1.40. The van der Waals surface area contributed by atoms with Crippen LogP contribution in [0.1, 0.15) is 35.8 Å². The molecule has 3 rings (SSSR count). The van der Waals surface area contributed by atoms with Crippen molar-refractivity contribution >= 4 is 0 Å². The Morgan fingerprint density at radius 1 is 1.56 bits per heavy atom. The van der Waals surface area contributed by atoms with Crippen LogP contribution in [0.3, 0.4) is 0 Å². The van der Waals surface area contributed by atoms with Crippen molar-refractivity contribution in [1.29, 1.82) is 0 Å². The van der Waals surface area contributed by atoms with Crippen molar-refractivity contribution in [3.8, 4) is 0 Å². The first-order valence-electron chi connectivity index (χ1n) is 5.97. The zero-order chi connectivity index (χ0) is 12.4. The zero-order valence-electron chi connectivity index (χ0n) is 9.87. The number of aromatic amines is 1. The minimum Gasteiger partial charge on any atom is -0.381 e. The van der Waals surface area contributed by atoms with Gasteiger partial charge < -0.3 is 20.0 Å². The van der Waals surface area contributed by atoms with E-state index in [0.717, 1.165) is 18.7 Å². The summed E-state index contributed by atoms with van der Waals surface area (Å²) < 4.78 is 10.5. The molecule has 3 heterocycles. The number of nitrogens with one attached hydrogen (secondary N) is 1. The van der Waals surface area contributed by atoms with Crippen LogP contribution in [0, 0.1) is 0 Å². The van der Waals surface area contributed by atoms with Gasteiger partial charge in [0.15, 0.2) is 5.82 Å². The third-order valence-electron chi connectivity index (χ3n) is 3.06. The topological polar surface area (TPSA) is 103 Å². The minimum atomic E-state index is -0.311. The average molecular weight is 249 g/mol. The monoisotopic (exact) mass is 249 g/mol. The molecule has 0 amide bonds. The molecular formula is C11H15N5O2. The Morgan fingerprint density at radius 2 is 2.50 bits per heavy atom. The second kappa shape index (κ2) is 4.87. The van der Waals surface area contributed by atoms with Gasteiger partial charge in [0.1, 0.15) is 0 Å². The Balaban J connectivity index is 1.68. The summed E-state index contributed by atoms with van der Waals surface area (Å²) in [7, 11) is 0. The Bertz CT molecular complexity index is 489. The second-order valence-electron chi connectivity index (χ2n) is 4.44. The summed E-state index contributed by atoms with van der Waals surface area (Å²) in [6, 6.07) is -0.311. The van der Waals surface area contributed by atoms with Gasteiger partial charge in [-0.1, -0.05) is 5.16 Å². The average Bonchev–Trinajstić information content (AvgIpc) is 3.11. The molecule has 0 aliphatic carbocycles. The van der Waals surface area contributed by atoms with Gasteiger partial charge in [-0.05, 0) is 6.42 Å². The van der Waals surface area contributed by atoms with Gasteiger partial charge >= 0.3 is 0 Å². The predicted molar refractivity (Wildman–Crippen MR) is 61.7 cm³/mol. The first-order chi connectivity index (χ1) is 8.83. The Labute approximate surface area is 104 Å². The van der Waals surface area contributed by atoms with Crippen molar-refractivity contribution in [2.24, 2.45) is 5.73 Å². The van der Waals surface area contributed by atoms with Crippen LogP contribution in [0.2, 0.25) is 0 Å². The van der Waals surface area contributed by atoms with Crippen molar-refractivity contribution in [1.82, 2.24) is 20.1 Å². The zero-order valence-corrected chi connectivity index (χ0v) is 9.87. The van der Waals surface area contributed by atoms with E-state index >= 15 is 0 Å². The number of nitrogens with zero attached hydrogens (tertiary/aromatic N) is 3. The van der Waals surface area contributed by atoms with Crippen LogP contribution in [-0.4, -0.2) is 33.3 Å². The summed E-state index contributed by atoms with van der Waals surface area (Å²) in [5, 5.41) is 3.98. The number of aromatic nitrogens is 4. The maximum atomic E-state index is 6.02. The highest BCUT2D eigenvalue weighted by Crippen LogP contribution is 2.23. The molecule has 0 radical (unpaired) electrons. The van der Waals surface area contributed by atoms with Gasteiger partial charge in [-0.3, -0.25) is 0 Å². The van der Waals surface area contributed by atoms with E-state index in [-0.39, 0.29) is 12.0 Å². The Morgan fingerprint density at radius 3 is 3.22 bits per heavy atom. The molecule has 0 spiro atoms. The van der Waals surface area contributed by atoms with Crippen LogP contribution in [0.15, 0.2) is 17.0 Å². The Kier molecular flexibility index (Phi) is 3.07. The van der Waals surface area contributed by atoms with Gasteiger partial charge in [-0.2, -0.15) is 4.98 Å². The molecule has 96 valence electrons. The molecule has 2 aromatic rings. The van der Waals surface area contributed by atoms with E-state index < -0.39 is 0 Å². The molecule has 1 aliphatic heterocycles. The maximum absolute atomic E-state index is 6.02. The largest absolute Gasteiger partial charge is 0.381 e. The van der Waals surface area contributed by atoms with Crippen LogP contribution >= 0.6 is 0 Å². The molecule has 1 fully saturated rings. The van der Waals surface area contributed by atoms with E-state index in [2.05, 4.69) is 20.1 Å². The predicted octanol–water partition coefficient (Wildman–Crippen LogP) is 0.539. The highest BCUT2D eigenvalue weighted by atomic mass is 16.5. The normalized spacial score (nSPS) is 21.3. The van der Waals surface area contributed by atoms with Crippen LogP contribution in [-0.2, 0) is 11.2 Å². The molecule has 18 heavy (non-hydrogen) atoms. The lowest BCUT2D eigenvalue weighted by Gasteiger charge is -2.03.